The summed E-state index contributed by atoms with van der Waals surface area (Å²) < 4.78 is 4.65. The van der Waals surface area contributed by atoms with E-state index in [0.29, 0.717) is 5.88 Å². The van der Waals surface area contributed by atoms with E-state index in [-0.39, 0.29) is 5.92 Å². The van der Waals surface area contributed by atoms with E-state index >= 15 is 0 Å². The van der Waals surface area contributed by atoms with E-state index in [2.05, 4.69) is 4.74 Å². The Bertz CT molecular complexity index is 103. The van der Waals surface area contributed by atoms with Gasteiger partial charge in [-0.25, -0.2) is 0 Å². The fraction of sp³-hybridized carbons (Fsp3) is 0.600. The summed E-state index contributed by atoms with van der Waals surface area (Å²) in [6.07, 6.45) is 2.50. The fourth-order valence-corrected chi connectivity index (χ4v) is 0.806. The third-order valence-corrected chi connectivity index (χ3v) is 1.44. The highest BCUT2D eigenvalue weighted by atomic mass is 35.5. The summed E-state index contributed by atoms with van der Waals surface area (Å²) in [6, 6.07) is 0. The van der Waals surface area contributed by atoms with Crippen LogP contribution in [0.15, 0.2) is 12.3 Å². The summed E-state index contributed by atoms with van der Waals surface area (Å²) in [4.78, 5) is 0. The first-order valence-corrected chi connectivity index (χ1v) is 2.94. The van der Waals surface area contributed by atoms with Crippen LogP contribution in [-0.2, 0) is 4.74 Å². The minimum absolute atomic E-state index is 0.0170. The summed E-state index contributed by atoms with van der Waals surface area (Å²) in [5.41, 5.74) is 0. The van der Waals surface area contributed by atoms with E-state index in [9.17, 15) is 0 Å². The third kappa shape index (κ3) is 0.956. The van der Waals surface area contributed by atoms with Crippen molar-refractivity contribution in [3.05, 3.63) is 12.3 Å². The van der Waals surface area contributed by atoms with Crippen LogP contribution in [0.3, 0.4) is 0 Å². The number of aliphatic hydroxyl groups excluding tert-OH is 1. The molecular weight excluding hydrogens is 128 g/mol. The lowest BCUT2D eigenvalue weighted by molar-refractivity contribution is -0.0564. The van der Waals surface area contributed by atoms with Gasteiger partial charge in [-0.05, 0) is 6.08 Å². The van der Waals surface area contributed by atoms with E-state index in [1.807, 2.05) is 0 Å². The fourth-order valence-electron chi connectivity index (χ4n) is 0.550. The SMILES string of the molecule is OC1OC=CC1CCl. The van der Waals surface area contributed by atoms with Gasteiger partial charge in [0.15, 0.2) is 0 Å². The van der Waals surface area contributed by atoms with Crippen molar-refractivity contribution in [3.8, 4) is 0 Å². The molecule has 8 heavy (non-hydrogen) atoms. The summed E-state index contributed by atoms with van der Waals surface area (Å²) in [5, 5.41) is 8.82. The first-order chi connectivity index (χ1) is 3.84. The minimum Gasteiger partial charge on any atom is -0.472 e. The van der Waals surface area contributed by atoms with Crippen LogP contribution in [0.1, 0.15) is 0 Å². The average Bonchev–Trinajstić information content (AvgIpc) is 2.14. The second kappa shape index (κ2) is 2.37. The largest absolute Gasteiger partial charge is 0.472 e. The Kier molecular flexibility index (Phi) is 1.76. The van der Waals surface area contributed by atoms with E-state index in [0.717, 1.165) is 0 Å². The number of hydrogen-bond acceptors (Lipinski definition) is 2. The summed E-state index contributed by atoms with van der Waals surface area (Å²) in [7, 11) is 0. The highest BCUT2D eigenvalue weighted by Crippen LogP contribution is 2.15. The Hall–Kier alpha value is -0.210. The normalized spacial score (nSPS) is 35.2. The molecule has 0 saturated carbocycles. The van der Waals surface area contributed by atoms with E-state index in [1.165, 1.54) is 6.26 Å². The second-order valence-electron chi connectivity index (χ2n) is 1.67. The standard InChI is InChI=1S/C5H7ClO2/c6-3-4-1-2-8-5(4)7/h1-2,4-5,7H,3H2. The van der Waals surface area contributed by atoms with Crippen LogP contribution in [0.4, 0.5) is 0 Å². The number of ether oxygens (including phenoxy) is 1. The monoisotopic (exact) mass is 134 g/mol. The molecule has 0 aromatic carbocycles. The Balaban J connectivity index is 2.41. The zero-order valence-electron chi connectivity index (χ0n) is 4.25. The Morgan fingerprint density at radius 1 is 1.75 bits per heavy atom. The van der Waals surface area contributed by atoms with Gasteiger partial charge in [-0.3, -0.25) is 0 Å². The van der Waals surface area contributed by atoms with Gasteiger partial charge in [0.1, 0.15) is 0 Å². The van der Waals surface area contributed by atoms with Crippen molar-refractivity contribution in [2.45, 2.75) is 6.29 Å². The summed E-state index contributed by atoms with van der Waals surface area (Å²) in [5.74, 6) is 0.397. The molecule has 0 bridgehead atoms. The number of alkyl halides is 1. The van der Waals surface area contributed by atoms with E-state index in [4.69, 9.17) is 16.7 Å². The zero-order valence-corrected chi connectivity index (χ0v) is 5.01. The molecule has 0 saturated heterocycles. The Labute approximate surface area is 52.7 Å². The first kappa shape index (κ1) is 5.92. The van der Waals surface area contributed by atoms with E-state index in [1.54, 1.807) is 6.08 Å². The molecule has 1 aliphatic rings. The van der Waals surface area contributed by atoms with Gasteiger partial charge in [0, 0.05) is 5.88 Å². The van der Waals surface area contributed by atoms with Gasteiger partial charge in [-0.2, -0.15) is 0 Å². The average molecular weight is 135 g/mol. The van der Waals surface area contributed by atoms with Gasteiger partial charge in [0.05, 0.1) is 12.2 Å². The predicted octanol–water partition coefficient (Wildman–Crippen LogP) is 0.704. The Morgan fingerprint density at radius 2 is 2.50 bits per heavy atom. The minimum atomic E-state index is -0.715. The van der Waals surface area contributed by atoms with Gasteiger partial charge in [-0.1, -0.05) is 0 Å². The molecule has 0 radical (unpaired) electrons. The third-order valence-electron chi connectivity index (χ3n) is 1.09. The molecule has 3 heteroatoms. The highest BCUT2D eigenvalue weighted by molar-refractivity contribution is 6.18. The molecule has 2 atom stereocenters. The van der Waals surface area contributed by atoms with Gasteiger partial charge in [0.25, 0.3) is 0 Å². The van der Waals surface area contributed by atoms with Crippen LogP contribution in [0.25, 0.3) is 0 Å². The molecule has 0 aliphatic carbocycles. The summed E-state index contributed by atoms with van der Waals surface area (Å²) >= 11 is 5.41. The second-order valence-corrected chi connectivity index (χ2v) is 1.98. The van der Waals surface area contributed by atoms with Crippen LogP contribution in [-0.4, -0.2) is 17.3 Å². The van der Waals surface area contributed by atoms with Crippen molar-refractivity contribution in [2.24, 2.45) is 5.92 Å². The van der Waals surface area contributed by atoms with Gasteiger partial charge in [0.2, 0.25) is 6.29 Å². The van der Waals surface area contributed by atoms with Gasteiger partial charge in [-0.15, -0.1) is 11.6 Å². The maximum absolute atomic E-state index is 8.82. The van der Waals surface area contributed by atoms with Crippen LogP contribution in [0, 0.1) is 5.92 Å². The maximum atomic E-state index is 8.82. The molecule has 1 aliphatic heterocycles. The van der Waals surface area contributed by atoms with Crippen LogP contribution >= 0.6 is 11.6 Å². The quantitative estimate of drug-likeness (QED) is 0.535. The van der Waals surface area contributed by atoms with E-state index < -0.39 is 6.29 Å². The van der Waals surface area contributed by atoms with Gasteiger partial charge >= 0.3 is 0 Å². The molecule has 1 N–H and O–H groups in total. The van der Waals surface area contributed by atoms with Crippen molar-refractivity contribution in [2.75, 3.05) is 5.88 Å². The Morgan fingerprint density at radius 3 is 2.75 bits per heavy atom. The van der Waals surface area contributed by atoms with Crippen LogP contribution in [0.2, 0.25) is 0 Å². The molecule has 0 spiro atoms. The molecule has 46 valence electrons. The molecule has 0 amide bonds. The lowest BCUT2D eigenvalue weighted by Crippen LogP contribution is -2.16. The topological polar surface area (TPSA) is 29.5 Å². The highest BCUT2D eigenvalue weighted by Gasteiger charge is 2.19. The molecular formula is C5H7ClO2. The molecule has 0 aromatic rings. The number of hydrogen-bond donors (Lipinski definition) is 1. The van der Waals surface area contributed by atoms with Crippen molar-refractivity contribution in [3.63, 3.8) is 0 Å². The molecule has 1 heterocycles. The van der Waals surface area contributed by atoms with Crippen molar-refractivity contribution < 1.29 is 9.84 Å². The predicted molar refractivity (Wildman–Crippen MR) is 30.4 cm³/mol. The lowest BCUT2D eigenvalue weighted by atomic mass is 10.2. The molecule has 1 rings (SSSR count). The van der Waals surface area contributed by atoms with Gasteiger partial charge < -0.3 is 9.84 Å². The smallest absolute Gasteiger partial charge is 0.204 e. The maximum Gasteiger partial charge on any atom is 0.204 e. The van der Waals surface area contributed by atoms with Crippen LogP contribution < -0.4 is 0 Å². The number of rotatable bonds is 1. The van der Waals surface area contributed by atoms with Crippen molar-refractivity contribution in [1.82, 2.24) is 0 Å². The summed E-state index contributed by atoms with van der Waals surface area (Å²) in [6.45, 7) is 0. The van der Waals surface area contributed by atoms with Crippen molar-refractivity contribution >= 4 is 11.6 Å². The molecule has 2 nitrogen and oxygen atoms in total. The van der Waals surface area contributed by atoms with Crippen molar-refractivity contribution in [1.29, 1.82) is 0 Å². The molecule has 2 unspecified atom stereocenters. The lowest BCUT2D eigenvalue weighted by Gasteiger charge is -2.07. The molecule has 0 fully saturated rings. The first-order valence-electron chi connectivity index (χ1n) is 2.41. The molecule has 0 aromatic heterocycles. The number of halogens is 1. The zero-order chi connectivity index (χ0) is 5.98. The van der Waals surface area contributed by atoms with Crippen LogP contribution in [0.5, 0.6) is 0 Å². The number of aliphatic hydroxyl groups is 1.